The van der Waals surface area contributed by atoms with Gasteiger partial charge in [0.25, 0.3) is 0 Å². The van der Waals surface area contributed by atoms with Gasteiger partial charge in [-0.3, -0.25) is 5.32 Å². The number of anilines is 1. The fourth-order valence-electron chi connectivity index (χ4n) is 2.39. The van der Waals surface area contributed by atoms with E-state index in [0.29, 0.717) is 18.2 Å². The number of hydrogen-bond donors (Lipinski definition) is 2. The molecule has 0 unspecified atom stereocenters. The molecule has 20 heavy (non-hydrogen) atoms. The van der Waals surface area contributed by atoms with E-state index >= 15 is 0 Å². The number of aryl methyl sites for hydroxylation is 1. The Labute approximate surface area is 118 Å². The molecule has 1 aromatic heterocycles. The molecule has 1 aromatic rings. The third-order valence-electron chi connectivity index (χ3n) is 3.85. The number of carbonyl (C=O) groups excluding carboxylic acids is 1. The second kappa shape index (κ2) is 6.13. The molecule has 1 fully saturated rings. The van der Waals surface area contributed by atoms with Crippen LogP contribution in [0.3, 0.4) is 0 Å². The molecular formula is C13H22N4O3. The van der Waals surface area contributed by atoms with Crippen LogP contribution >= 0.6 is 0 Å². The third kappa shape index (κ3) is 3.22. The summed E-state index contributed by atoms with van der Waals surface area (Å²) < 4.78 is 12.1. The smallest absolute Gasteiger partial charge is 0.320 e. The first-order valence-electron chi connectivity index (χ1n) is 6.76. The quantitative estimate of drug-likeness (QED) is 0.829. The Hall–Kier alpha value is -1.76. The molecular weight excluding hydrogens is 260 g/mol. The Morgan fingerprint density at radius 3 is 2.75 bits per heavy atom. The molecule has 0 spiro atoms. The van der Waals surface area contributed by atoms with E-state index in [9.17, 15) is 4.79 Å². The van der Waals surface area contributed by atoms with Crippen LogP contribution in [0.1, 0.15) is 25.7 Å². The maximum atomic E-state index is 11.7. The number of nitrogens with zero attached hydrogens (tertiary/aromatic N) is 2. The number of nitrogens with one attached hydrogen (secondary N) is 2. The minimum atomic E-state index is -0.267. The summed E-state index contributed by atoms with van der Waals surface area (Å²) in [5.74, 6) is 1.06. The van der Waals surface area contributed by atoms with E-state index < -0.39 is 0 Å². The Morgan fingerprint density at radius 1 is 1.50 bits per heavy atom. The van der Waals surface area contributed by atoms with Crippen molar-refractivity contribution in [1.82, 2.24) is 15.1 Å². The van der Waals surface area contributed by atoms with E-state index in [0.717, 1.165) is 19.3 Å². The fraction of sp³-hybridized carbons (Fsp3) is 0.692. The molecule has 0 aromatic carbocycles. The van der Waals surface area contributed by atoms with Crippen molar-refractivity contribution in [1.29, 1.82) is 0 Å². The maximum absolute atomic E-state index is 11.7. The van der Waals surface area contributed by atoms with Crippen LogP contribution in [0.25, 0.3) is 0 Å². The molecule has 7 heteroatoms. The topological polar surface area (TPSA) is 77.4 Å². The molecule has 0 aliphatic heterocycles. The van der Waals surface area contributed by atoms with Crippen LogP contribution in [0.5, 0.6) is 5.88 Å². The molecule has 1 aliphatic carbocycles. The lowest BCUT2D eigenvalue weighted by Crippen LogP contribution is -2.43. The molecule has 2 N–H and O–H groups in total. The zero-order valence-corrected chi connectivity index (χ0v) is 12.2. The van der Waals surface area contributed by atoms with Crippen molar-refractivity contribution in [2.75, 3.05) is 26.1 Å². The number of amides is 2. The molecule has 1 heterocycles. The first-order chi connectivity index (χ1) is 9.58. The normalized spacial score (nSPS) is 16.4. The number of carbonyl (C=O) groups is 1. The summed E-state index contributed by atoms with van der Waals surface area (Å²) in [4.78, 5) is 11.7. The Kier molecular flexibility index (Phi) is 4.49. The van der Waals surface area contributed by atoms with Gasteiger partial charge in [-0.05, 0) is 25.7 Å². The molecule has 2 rings (SSSR count). The molecule has 0 saturated heterocycles. The molecule has 0 atom stereocenters. The standard InChI is InChI=1S/C13H22N4O3/c1-17-11(19-2)9-10(16-17)15-12(18)14-8-7-13(20-3)5-4-6-13/h9H,4-8H2,1-3H3,(H2,14,15,16,18). The monoisotopic (exact) mass is 282 g/mol. The largest absolute Gasteiger partial charge is 0.481 e. The van der Waals surface area contributed by atoms with E-state index in [1.807, 2.05) is 0 Å². The predicted octanol–water partition coefficient (Wildman–Crippen LogP) is 1.51. The zero-order valence-electron chi connectivity index (χ0n) is 12.2. The van der Waals surface area contributed by atoms with Crippen molar-refractivity contribution in [2.24, 2.45) is 7.05 Å². The van der Waals surface area contributed by atoms with Crippen molar-refractivity contribution in [3.63, 3.8) is 0 Å². The highest BCUT2D eigenvalue weighted by Crippen LogP contribution is 2.37. The SMILES string of the molecule is COc1cc(NC(=O)NCCC2(OC)CCC2)nn1C. The van der Waals surface area contributed by atoms with Gasteiger partial charge in [0.05, 0.1) is 12.7 Å². The summed E-state index contributed by atoms with van der Waals surface area (Å²) in [5, 5.41) is 9.61. The molecule has 112 valence electrons. The van der Waals surface area contributed by atoms with Crippen molar-refractivity contribution in [3.05, 3.63) is 6.07 Å². The van der Waals surface area contributed by atoms with Crippen LogP contribution in [-0.4, -0.2) is 42.2 Å². The third-order valence-corrected chi connectivity index (χ3v) is 3.85. The van der Waals surface area contributed by atoms with Gasteiger partial charge in [0.2, 0.25) is 5.88 Å². The van der Waals surface area contributed by atoms with Crippen molar-refractivity contribution in [2.45, 2.75) is 31.3 Å². The van der Waals surface area contributed by atoms with Gasteiger partial charge in [0, 0.05) is 26.8 Å². The van der Waals surface area contributed by atoms with Gasteiger partial charge in [0.1, 0.15) is 0 Å². The van der Waals surface area contributed by atoms with Crippen LogP contribution in [-0.2, 0) is 11.8 Å². The lowest BCUT2D eigenvalue weighted by Gasteiger charge is -2.40. The van der Waals surface area contributed by atoms with Crippen molar-refractivity contribution < 1.29 is 14.3 Å². The number of rotatable bonds is 6. The lowest BCUT2D eigenvalue weighted by molar-refractivity contribution is -0.0762. The molecule has 0 bridgehead atoms. The Morgan fingerprint density at radius 2 is 2.25 bits per heavy atom. The first kappa shape index (κ1) is 14.6. The summed E-state index contributed by atoms with van der Waals surface area (Å²) in [6, 6.07) is 1.40. The first-order valence-corrected chi connectivity index (χ1v) is 6.76. The highest BCUT2D eigenvalue weighted by molar-refractivity contribution is 5.88. The minimum absolute atomic E-state index is 0.0263. The summed E-state index contributed by atoms with van der Waals surface area (Å²) in [6.07, 6.45) is 4.19. The van der Waals surface area contributed by atoms with Crippen molar-refractivity contribution >= 4 is 11.8 Å². The highest BCUT2D eigenvalue weighted by atomic mass is 16.5. The van der Waals surface area contributed by atoms with E-state index in [1.54, 1.807) is 32.0 Å². The fourth-order valence-corrected chi connectivity index (χ4v) is 2.39. The van der Waals surface area contributed by atoms with Gasteiger partial charge in [0.15, 0.2) is 5.82 Å². The van der Waals surface area contributed by atoms with Gasteiger partial charge in [-0.25, -0.2) is 9.48 Å². The van der Waals surface area contributed by atoms with Gasteiger partial charge in [-0.15, -0.1) is 0 Å². The number of urea groups is 1. The van der Waals surface area contributed by atoms with Gasteiger partial charge in [-0.1, -0.05) is 0 Å². The lowest BCUT2D eigenvalue weighted by atomic mass is 9.77. The Bertz CT molecular complexity index is 463. The highest BCUT2D eigenvalue weighted by Gasteiger charge is 2.36. The average Bonchev–Trinajstić information content (AvgIpc) is 2.72. The molecule has 1 saturated carbocycles. The van der Waals surface area contributed by atoms with E-state index in [2.05, 4.69) is 15.7 Å². The Balaban J connectivity index is 1.75. The van der Waals surface area contributed by atoms with Gasteiger partial charge in [-0.2, -0.15) is 5.10 Å². The van der Waals surface area contributed by atoms with Crippen LogP contribution in [0, 0.1) is 0 Å². The minimum Gasteiger partial charge on any atom is -0.481 e. The van der Waals surface area contributed by atoms with Crippen LogP contribution in [0.2, 0.25) is 0 Å². The number of hydrogen-bond acceptors (Lipinski definition) is 4. The van der Waals surface area contributed by atoms with Crippen molar-refractivity contribution in [3.8, 4) is 5.88 Å². The van der Waals surface area contributed by atoms with E-state index in [1.165, 1.54) is 6.42 Å². The second-order valence-corrected chi connectivity index (χ2v) is 5.07. The van der Waals surface area contributed by atoms with Gasteiger partial charge < -0.3 is 14.8 Å². The number of methoxy groups -OCH3 is 2. The molecule has 7 nitrogen and oxygen atoms in total. The van der Waals surface area contributed by atoms with E-state index in [4.69, 9.17) is 9.47 Å². The predicted molar refractivity (Wildman–Crippen MR) is 75.0 cm³/mol. The maximum Gasteiger partial charge on any atom is 0.320 e. The molecule has 1 aliphatic rings. The second-order valence-electron chi connectivity index (χ2n) is 5.07. The molecule has 2 amide bonds. The average molecular weight is 282 g/mol. The van der Waals surface area contributed by atoms with Crippen LogP contribution in [0.4, 0.5) is 10.6 Å². The number of aromatic nitrogens is 2. The van der Waals surface area contributed by atoms with E-state index in [-0.39, 0.29) is 11.6 Å². The summed E-state index contributed by atoms with van der Waals surface area (Å²) >= 11 is 0. The molecule has 0 radical (unpaired) electrons. The summed E-state index contributed by atoms with van der Waals surface area (Å²) in [7, 11) is 5.05. The number of ether oxygens (including phenoxy) is 2. The summed E-state index contributed by atoms with van der Waals surface area (Å²) in [5.41, 5.74) is -0.0263. The van der Waals surface area contributed by atoms with Gasteiger partial charge >= 0.3 is 6.03 Å². The van der Waals surface area contributed by atoms with Crippen LogP contribution in [0.15, 0.2) is 6.07 Å². The van der Waals surface area contributed by atoms with Crippen LogP contribution < -0.4 is 15.4 Å². The zero-order chi connectivity index (χ0) is 14.6. The summed E-state index contributed by atoms with van der Waals surface area (Å²) in [6.45, 7) is 0.587.